The molecule has 17 heavy (non-hydrogen) atoms. The average Bonchev–Trinajstić information content (AvgIpc) is 2.13. The molecule has 0 aromatic heterocycles. The molecule has 0 radical (unpaired) electrons. The highest BCUT2D eigenvalue weighted by Crippen LogP contribution is 2.08. The number of nitrogens with one attached hydrogen (secondary N) is 1. The van der Waals surface area contributed by atoms with Crippen molar-refractivity contribution in [3.63, 3.8) is 0 Å². The Hall–Kier alpha value is -0.610. The fourth-order valence-corrected chi connectivity index (χ4v) is 1.42. The van der Waals surface area contributed by atoms with Crippen molar-refractivity contribution < 1.29 is 14.3 Å². The zero-order chi connectivity index (χ0) is 13.5. The second-order valence-corrected chi connectivity index (χ2v) is 5.60. The number of esters is 1. The van der Waals surface area contributed by atoms with Crippen molar-refractivity contribution in [2.24, 2.45) is 5.92 Å². The predicted octanol–water partition coefficient (Wildman–Crippen LogP) is 1.98. The van der Waals surface area contributed by atoms with Gasteiger partial charge >= 0.3 is 5.97 Å². The SMILES string of the molecule is COCC(NCCC(=O)OC(C)(C)C)C(C)C. The van der Waals surface area contributed by atoms with E-state index in [9.17, 15) is 4.79 Å². The summed E-state index contributed by atoms with van der Waals surface area (Å²) in [5, 5.41) is 3.31. The molecule has 0 aliphatic rings. The molecule has 0 bridgehead atoms. The summed E-state index contributed by atoms with van der Waals surface area (Å²) in [4.78, 5) is 11.5. The molecule has 0 rings (SSSR count). The van der Waals surface area contributed by atoms with Crippen LogP contribution in [0.4, 0.5) is 0 Å². The van der Waals surface area contributed by atoms with Gasteiger partial charge in [-0.25, -0.2) is 0 Å². The highest BCUT2D eigenvalue weighted by atomic mass is 16.6. The number of hydrogen-bond acceptors (Lipinski definition) is 4. The summed E-state index contributed by atoms with van der Waals surface area (Å²) in [6, 6.07) is 0.280. The number of carbonyl (C=O) groups is 1. The van der Waals surface area contributed by atoms with Crippen molar-refractivity contribution in [2.75, 3.05) is 20.3 Å². The van der Waals surface area contributed by atoms with Crippen molar-refractivity contribution in [1.29, 1.82) is 0 Å². The maximum Gasteiger partial charge on any atom is 0.307 e. The Labute approximate surface area is 105 Å². The first-order valence-corrected chi connectivity index (χ1v) is 6.20. The first kappa shape index (κ1) is 16.4. The maximum absolute atomic E-state index is 11.5. The minimum Gasteiger partial charge on any atom is -0.460 e. The van der Waals surface area contributed by atoms with E-state index in [0.29, 0.717) is 25.5 Å². The zero-order valence-corrected chi connectivity index (χ0v) is 12.0. The molecule has 0 heterocycles. The fourth-order valence-electron chi connectivity index (χ4n) is 1.42. The van der Waals surface area contributed by atoms with Gasteiger partial charge in [-0.3, -0.25) is 4.79 Å². The van der Waals surface area contributed by atoms with Crippen LogP contribution in [-0.4, -0.2) is 37.9 Å². The van der Waals surface area contributed by atoms with Crippen molar-refractivity contribution in [3.8, 4) is 0 Å². The van der Waals surface area contributed by atoms with Gasteiger partial charge in [-0.2, -0.15) is 0 Å². The monoisotopic (exact) mass is 245 g/mol. The lowest BCUT2D eigenvalue weighted by atomic mass is 10.1. The summed E-state index contributed by atoms with van der Waals surface area (Å²) >= 11 is 0. The molecule has 0 aromatic carbocycles. The Morgan fingerprint density at radius 1 is 1.29 bits per heavy atom. The molecule has 4 heteroatoms. The molecule has 0 aromatic rings. The van der Waals surface area contributed by atoms with Gasteiger partial charge in [0, 0.05) is 19.7 Å². The number of methoxy groups -OCH3 is 1. The van der Waals surface area contributed by atoms with Crippen molar-refractivity contribution in [3.05, 3.63) is 0 Å². The third kappa shape index (κ3) is 9.12. The van der Waals surface area contributed by atoms with E-state index in [4.69, 9.17) is 9.47 Å². The summed E-state index contributed by atoms with van der Waals surface area (Å²) < 4.78 is 10.4. The Morgan fingerprint density at radius 2 is 1.88 bits per heavy atom. The quantitative estimate of drug-likeness (QED) is 0.697. The van der Waals surface area contributed by atoms with Gasteiger partial charge in [-0.15, -0.1) is 0 Å². The zero-order valence-electron chi connectivity index (χ0n) is 12.0. The molecule has 0 fully saturated rings. The third-order valence-corrected chi connectivity index (χ3v) is 2.31. The lowest BCUT2D eigenvalue weighted by Crippen LogP contribution is -2.39. The van der Waals surface area contributed by atoms with E-state index in [1.165, 1.54) is 0 Å². The highest BCUT2D eigenvalue weighted by Gasteiger charge is 2.17. The van der Waals surface area contributed by atoms with Gasteiger partial charge in [-0.1, -0.05) is 13.8 Å². The van der Waals surface area contributed by atoms with Crippen LogP contribution in [-0.2, 0) is 14.3 Å². The van der Waals surface area contributed by atoms with Crippen LogP contribution in [0.25, 0.3) is 0 Å². The number of carbonyl (C=O) groups excluding carboxylic acids is 1. The van der Waals surface area contributed by atoms with Crippen LogP contribution in [0, 0.1) is 5.92 Å². The second kappa shape index (κ2) is 7.67. The number of rotatable bonds is 7. The molecule has 1 unspecified atom stereocenters. The van der Waals surface area contributed by atoms with Crippen molar-refractivity contribution in [2.45, 2.75) is 52.7 Å². The first-order chi connectivity index (χ1) is 7.76. The highest BCUT2D eigenvalue weighted by molar-refractivity contribution is 5.70. The molecule has 1 atom stereocenters. The van der Waals surface area contributed by atoms with Crippen molar-refractivity contribution in [1.82, 2.24) is 5.32 Å². The predicted molar refractivity (Wildman–Crippen MR) is 69.0 cm³/mol. The minimum atomic E-state index is -0.402. The molecule has 0 saturated carbocycles. The van der Waals surface area contributed by atoms with E-state index in [-0.39, 0.29) is 12.0 Å². The lowest BCUT2D eigenvalue weighted by Gasteiger charge is -2.22. The number of hydrogen-bond donors (Lipinski definition) is 1. The average molecular weight is 245 g/mol. The van der Waals surface area contributed by atoms with E-state index in [1.807, 2.05) is 20.8 Å². The molecule has 0 spiro atoms. The van der Waals surface area contributed by atoms with Crippen LogP contribution >= 0.6 is 0 Å². The molecule has 0 amide bonds. The molecule has 0 saturated heterocycles. The van der Waals surface area contributed by atoms with E-state index in [0.717, 1.165) is 0 Å². The van der Waals surface area contributed by atoms with Gasteiger partial charge in [0.05, 0.1) is 13.0 Å². The van der Waals surface area contributed by atoms with Crippen LogP contribution in [0.5, 0.6) is 0 Å². The van der Waals surface area contributed by atoms with Gasteiger partial charge < -0.3 is 14.8 Å². The lowest BCUT2D eigenvalue weighted by molar-refractivity contribution is -0.154. The van der Waals surface area contributed by atoms with Crippen LogP contribution in [0.15, 0.2) is 0 Å². The summed E-state index contributed by atoms with van der Waals surface area (Å²) in [7, 11) is 1.69. The Bertz CT molecular complexity index is 221. The van der Waals surface area contributed by atoms with E-state index in [1.54, 1.807) is 7.11 Å². The summed E-state index contributed by atoms with van der Waals surface area (Å²) in [5.74, 6) is 0.318. The molecular weight excluding hydrogens is 218 g/mol. The van der Waals surface area contributed by atoms with Gasteiger partial charge in [0.15, 0.2) is 0 Å². The standard InChI is InChI=1S/C13H27NO3/c1-10(2)11(9-16-6)14-8-7-12(15)17-13(3,4)5/h10-11,14H,7-9H2,1-6H3. The van der Waals surface area contributed by atoms with Crippen LogP contribution in [0.2, 0.25) is 0 Å². The van der Waals surface area contributed by atoms with Gasteiger partial charge in [-0.05, 0) is 26.7 Å². The first-order valence-electron chi connectivity index (χ1n) is 6.20. The topological polar surface area (TPSA) is 47.6 Å². The summed E-state index contributed by atoms with van der Waals surface area (Å²) in [6.07, 6.45) is 0.393. The van der Waals surface area contributed by atoms with Crippen molar-refractivity contribution >= 4 is 5.97 Å². The van der Waals surface area contributed by atoms with Crippen LogP contribution < -0.4 is 5.32 Å². The summed E-state index contributed by atoms with van der Waals surface area (Å²) in [6.45, 7) is 11.2. The molecule has 0 aliphatic heterocycles. The number of ether oxygens (including phenoxy) is 2. The van der Waals surface area contributed by atoms with Gasteiger partial charge in [0.1, 0.15) is 5.60 Å². The molecule has 4 nitrogen and oxygen atoms in total. The molecule has 1 N–H and O–H groups in total. The third-order valence-electron chi connectivity index (χ3n) is 2.31. The van der Waals surface area contributed by atoms with E-state index < -0.39 is 5.60 Å². The van der Waals surface area contributed by atoms with Gasteiger partial charge in [0.2, 0.25) is 0 Å². The van der Waals surface area contributed by atoms with Crippen LogP contribution in [0.1, 0.15) is 41.0 Å². The molecule has 102 valence electrons. The molecular formula is C13H27NO3. The van der Waals surface area contributed by atoms with Gasteiger partial charge in [0.25, 0.3) is 0 Å². The maximum atomic E-state index is 11.5. The Kier molecular flexibility index (Phi) is 7.39. The summed E-state index contributed by atoms with van der Waals surface area (Å²) in [5.41, 5.74) is -0.402. The second-order valence-electron chi connectivity index (χ2n) is 5.60. The largest absolute Gasteiger partial charge is 0.460 e. The van der Waals surface area contributed by atoms with Crippen LogP contribution in [0.3, 0.4) is 0 Å². The fraction of sp³-hybridized carbons (Fsp3) is 0.923. The van der Waals surface area contributed by atoms with E-state index >= 15 is 0 Å². The minimum absolute atomic E-state index is 0.162. The smallest absolute Gasteiger partial charge is 0.307 e. The Morgan fingerprint density at radius 3 is 2.29 bits per heavy atom. The Balaban J connectivity index is 3.84. The normalized spacial score (nSPS) is 13.8. The van der Waals surface area contributed by atoms with E-state index in [2.05, 4.69) is 19.2 Å². The molecule has 0 aliphatic carbocycles.